The minimum absolute atomic E-state index is 0.0285. The van der Waals surface area contributed by atoms with E-state index >= 15 is 0 Å². The number of anilines is 1. The van der Waals surface area contributed by atoms with E-state index in [0.29, 0.717) is 25.4 Å². The van der Waals surface area contributed by atoms with Gasteiger partial charge in [-0.1, -0.05) is 0 Å². The third-order valence-corrected chi connectivity index (χ3v) is 4.20. The summed E-state index contributed by atoms with van der Waals surface area (Å²) in [5.41, 5.74) is 0. The fraction of sp³-hybridized carbons (Fsp3) is 0.471. The molecule has 0 spiro atoms. The number of nitrogens with one attached hydrogen (secondary N) is 1. The van der Waals surface area contributed by atoms with Crippen LogP contribution >= 0.6 is 0 Å². The first-order valence-corrected chi connectivity index (χ1v) is 8.19. The molecule has 0 aromatic carbocycles. The smallest absolute Gasteiger partial charge is 0.233 e. The highest BCUT2D eigenvalue weighted by Gasteiger charge is 2.26. The maximum Gasteiger partial charge on any atom is 0.233 e. The maximum absolute atomic E-state index is 12.4. The summed E-state index contributed by atoms with van der Waals surface area (Å²) in [6, 6.07) is 7.43. The van der Waals surface area contributed by atoms with Gasteiger partial charge in [-0.25, -0.2) is 0 Å². The van der Waals surface area contributed by atoms with Gasteiger partial charge < -0.3 is 19.4 Å². The average Bonchev–Trinajstić information content (AvgIpc) is 3.15. The zero-order valence-electron chi connectivity index (χ0n) is 13.8. The highest BCUT2D eigenvalue weighted by Crippen LogP contribution is 2.22. The summed E-state index contributed by atoms with van der Waals surface area (Å²) in [7, 11) is 1.56. The van der Waals surface area contributed by atoms with Crippen molar-refractivity contribution < 1.29 is 13.9 Å². The van der Waals surface area contributed by atoms with Gasteiger partial charge in [0.25, 0.3) is 0 Å². The Balaban J connectivity index is 1.51. The zero-order chi connectivity index (χ0) is 16.8. The van der Waals surface area contributed by atoms with Gasteiger partial charge in [-0.3, -0.25) is 4.79 Å². The predicted molar refractivity (Wildman–Crippen MR) is 88.9 cm³/mol. The van der Waals surface area contributed by atoms with E-state index in [1.165, 1.54) is 0 Å². The first-order valence-electron chi connectivity index (χ1n) is 8.19. The van der Waals surface area contributed by atoms with E-state index in [4.69, 9.17) is 9.15 Å². The molecule has 1 aliphatic heterocycles. The van der Waals surface area contributed by atoms with E-state index in [9.17, 15) is 4.79 Å². The quantitative estimate of drug-likeness (QED) is 0.867. The Hall–Kier alpha value is -2.57. The normalized spacial score (nSPS) is 17.5. The Labute approximate surface area is 141 Å². The lowest BCUT2D eigenvalue weighted by Crippen LogP contribution is -2.43. The van der Waals surface area contributed by atoms with Crippen molar-refractivity contribution in [1.29, 1.82) is 0 Å². The number of furan rings is 1. The van der Waals surface area contributed by atoms with Crippen molar-refractivity contribution in [3.8, 4) is 5.88 Å². The van der Waals surface area contributed by atoms with E-state index in [1.54, 1.807) is 19.4 Å². The van der Waals surface area contributed by atoms with E-state index in [2.05, 4.69) is 20.4 Å². The largest absolute Gasteiger partial charge is 0.480 e. The van der Waals surface area contributed by atoms with E-state index in [1.807, 2.05) is 18.2 Å². The van der Waals surface area contributed by atoms with Crippen molar-refractivity contribution in [3.05, 3.63) is 36.3 Å². The molecule has 0 saturated carbocycles. The van der Waals surface area contributed by atoms with Crippen LogP contribution in [0, 0.1) is 5.92 Å². The Morgan fingerprint density at radius 3 is 3.04 bits per heavy atom. The number of ether oxygens (including phenoxy) is 1. The molecule has 1 saturated heterocycles. The molecule has 0 unspecified atom stereocenters. The average molecular weight is 330 g/mol. The standard InChI is InChI=1S/C17H22N4O3/c1-23-16-7-6-15(19-20-16)21-10-2-4-13(12-21)17(22)18-9-8-14-5-3-11-24-14/h3,5-7,11,13H,2,4,8-10,12H2,1H3,(H,18,22)/t13-/m0/s1. The third kappa shape index (κ3) is 4.04. The summed E-state index contributed by atoms with van der Waals surface area (Å²) < 4.78 is 10.3. The van der Waals surface area contributed by atoms with Crippen LogP contribution in [0.5, 0.6) is 5.88 Å². The third-order valence-electron chi connectivity index (χ3n) is 4.20. The second kappa shape index (κ2) is 7.81. The number of rotatable bonds is 6. The Morgan fingerprint density at radius 1 is 1.42 bits per heavy atom. The van der Waals surface area contributed by atoms with Crippen LogP contribution in [-0.4, -0.2) is 42.8 Å². The molecule has 3 rings (SSSR count). The first kappa shape index (κ1) is 16.3. The number of carbonyl (C=O) groups excluding carboxylic acids is 1. The van der Waals surface area contributed by atoms with E-state index in [-0.39, 0.29) is 11.8 Å². The zero-order valence-corrected chi connectivity index (χ0v) is 13.8. The summed E-state index contributed by atoms with van der Waals surface area (Å²) in [5, 5.41) is 11.2. The summed E-state index contributed by atoms with van der Waals surface area (Å²) in [5.74, 6) is 2.22. The van der Waals surface area contributed by atoms with Gasteiger partial charge >= 0.3 is 0 Å². The molecule has 2 aromatic heterocycles. The van der Waals surface area contributed by atoms with Crippen molar-refractivity contribution in [2.75, 3.05) is 31.6 Å². The first-order chi connectivity index (χ1) is 11.8. The van der Waals surface area contributed by atoms with Gasteiger partial charge in [0.15, 0.2) is 5.82 Å². The van der Waals surface area contributed by atoms with Gasteiger partial charge in [0.05, 0.1) is 19.3 Å². The molecule has 24 heavy (non-hydrogen) atoms. The molecule has 1 amide bonds. The van der Waals surface area contributed by atoms with Crippen LogP contribution in [0.1, 0.15) is 18.6 Å². The minimum atomic E-state index is -0.0285. The van der Waals surface area contributed by atoms with Gasteiger partial charge in [0.1, 0.15) is 5.76 Å². The van der Waals surface area contributed by atoms with Crippen LogP contribution < -0.4 is 15.0 Å². The molecule has 7 heteroatoms. The van der Waals surface area contributed by atoms with Crippen LogP contribution in [-0.2, 0) is 11.2 Å². The molecule has 128 valence electrons. The highest BCUT2D eigenvalue weighted by atomic mass is 16.5. The van der Waals surface area contributed by atoms with Gasteiger partial charge in [-0.2, -0.15) is 0 Å². The number of nitrogens with zero attached hydrogens (tertiary/aromatic N) is 3. The van der Waals surface area contributed by atoms with Crippen molar-refractivity contribution in [2.24, 2.45) is 5.92 Å². The Bertz CT molecular complexity index is 642. The van der Waals surface area contributed by atoms with Crippen LogP contribution in [0.4, 0.5) is 5.82 Å². The van der Waals surface area contributed by atoms with E-state index in [0.717, 1.165) is 31.0 Å². The molecular weight excluding hydrogens is 308 g/mol. The van der Waals surface area contributed by atoms with Crippen molar-refractivity contribution in [3.63, 3.8) is 0 Å². The number of methoxy groups -OCH3 is 1. The number of piperidine rings is 1. The number of hydrogen-bond donors (Lipinski definition) is 1. The van der Waals surface area contributed by atoms with Crippen molar-refractivity contribution >= 4 is 11.7 Å². The monoisotopic (exact) mass is 330 g/mol. The highest BCUT2D eigenvalue weighted by molar-refractivity contribution is 5.79. The molecule has 2 aromatic rings. The van der Waals surface area contributed by atoms with Crippen LogP contribution in [0.2, 0.25) is 0 Å². The lowest BCUT2D eigenvalue weighted by molar-refractivity contribution is -0.125. The molecule has 1 N–H and O–H groups in total. The fourth-order valence-corrected chi connectivity index (χ4v) is 2.90. The minimum Gasteiger partial charge on any atom is -0.480 e. The molecule has 0 radical (unpaired) electrons. The number of aromatic nitrogens is 2. The second-order valence-corrected chi connectivity index (χ2v) is 5.84. The second-order valence-electron chi connectivity index (χ2n) is 5.84. The summed E-state index contributed by atoms with van der Waals surface area (Å²) in [6.45, 7) is 2.13. The molecule has 1 atom stereocenters. The fourth-order valence-electron chi connectivity index (χ4n) is 2.90. The molecule has 1 aliphatic rings. The Kier molecular flexibility index (Phi) is 5.30. The Morgan fingerprint density at radius 2 is 2.33 bits per heavy atom. The van der Waals surface area contributed by atoms with E-state index < -0.39 is 0 Å². The molecule has 1 fully saturated rings. The van der Waals surface area contributed by atoms with Gasteiger partial charge in [-0.05, 0) is 31.0 Å². The number of amides is 1. The molecular formula is C17H22N4O3. The SMILES string of the molecule is COc1ccc(N2CCC[C@H](C(=O)NCCc3ccco3)C2)nn1. The van der Waals surface area contributed by atoms with Crippen molar-refractivity contribution in [1.82, 2.24) is 15.5 Å². The predicted octanol–water partition coefficient (Wildman–Crippen LogP) is 1.65. The van der Waals surface area contributed by atoms with Gasteiger partial charge in [-0.15, -0.1) is 10.2 Å². The number of hydrogen-bond acceptors (Lipinski definition) is 6. The van der Waals surface area contributed by atoms with Gasteiger partial charge in [0.2, 0.25) is 11.8 Å². The summed E-state index contributed by atoms with van der Waals surface area (Å²) >= 11 is 0. The lowest BCUT2D eigenvalue weighted by Gasteiger charge is -2.32. The summed E-state index contributed by atoms with van der Waals surface area (Å²) in [6.07, 6.45) is 4.21. The molecule has 0 aliphatic carbocycles. The number of carbonyl (C=O) groups is 1. The van der Waals surface area contributed by atoms with Crippen molar-refractivity contribution in [2.45, 2.75) is 19.3 Å². The summed E-state index contributed by atoms with van der Waals surface area (Å²) in [4.78, 5) is 14.5. The molecule has 3 heterocycles. The molecule has 0 bridgehead atoms. The van der Waals surface area contributed by atoms with Gasteiger partial charge in [0, 0.05) is 32.1 Å². The van der Waals surface area contributed by atoms with Crippen LogP contribution in [0.3, 0.4) is 0 Å². The van der Waals surface area contributed by atoms with Crippen LogP contribution in [0.15, 0.2) is 34.9 Å². The topological polar surface area (TPSA) is 80.5 Å². The maximum atomic E-state index is 12.4. The lowest BCUT2D eigenvalue weighted by atomic mass is 9.97. The molecule has 7 nitrogen and oxygen atoms in total. The van der Waals surface area contributed by atoms with Crippen LogP contribution in [0.25, 0.3) is 0 Å².